The van der Waals surface area contributed by atoms with E-state index in [0.717, 1.165) is 11.4 Å². The maximum Gasteiger partial charge on any atom is 0.280 e. The van der Waals surface area contributed by atoms with Gasteiger partial charge in [-0.05, 0) is 43.3 Å². The van der Waals surface area contributed by atoms with Crippen LogP contribution in [0.3, 0.4) is 0 Å². The van der Waals surface area contributed by atoms with Gasteiger partial charge in [-0.3, -0.25) is 4.79 Å². The molecule has 0 amide bonds. The fourth-order valence-corrected chi connectivity index (χ4v) is 2.36. The van der Waals surface area contributed by atoms with Gasteiger partial charge >= 0.3 is 0 Å². The number of anilines is 1. The van der Waals surface area contributed by atoms with Gasteiger partial charge in [-0.15, -0.1) is 0 Å². The largest absolute Gasteiger partial charge is 0.497 e. The monoisotopic (exact) mass is 310 g/mol. The first-order chi connectivity index (χ1) is 11.2. The van der Waals surface area contributed by atoms with E-state index in [-0.39, 0.29) is 5.56 Å². The van der Waals surface area contributed by atoms with E-state index in [9.17, 15) is 4.79 Å². The summed E-state index contributed by atoms with van der Waals surface area (Å²) in [7, 11) is 1.63. The van der Waals surface area contributed by atoms with Crippen molar-refractivity contribution in [1.82, 2.24) is 9.66 Å². The molecular formula is C17H18N4O2. The topological polar surface area (TPSA) is 68.2 Å². The molecule has 118 valence electrons. The van der Waals surface area contributed by atoms with Crippen LogP contribution < -0.4 is 21.0 Å². The van der Waals surface area contributed by atoms with E-state index >= 15 is 0 Å². The van der Waals surface area contributed by atoms with E-state index < -0.39 is 0 Å². The van der Waals surface area contributed by atoms with Gasteiger partial charge in [0.25, 0.3) is 5.56 Å². The Kier molecular flexibility index (Phi) is 4.14. The summed E-state index contributed by atoms with van der Waals surface area (Å²) in [6, 6.07) is 14.9. The van der Waals surface area contributed by atoms with Crippen molar-refractivity contribution in [3.63, 3.8) is 0 Å². The Balaban J connectivity index is 1.75. The smallest absolute Gasteiger partial charge is 0.280 e. The summed E-state index contributed by atoms with van der Waals surface area (Å²) < 4.78 is 6.58. The highest BCUT2D eigenvalue weighted by Gasteiger charge is 2.06. The average Bonchev–Trinajstić information content (AvgIpc) is 2.58. The van der Waals surface area contributed by atoms with Crippen LogP contribution in [0.1, 0.15) is 5.82 Å². The lowest BCUT2D eigenvalue weighted by Crippen LogP contribution is -2.34. The third-order valence-corrected chi connectivity index (χ3v) is 3.56. The highest BCUT2D eigenvalue weighted by atomic mass is 16.5. The number of methoxy groups -OCH3 is 1. The Hall–Kier alpha value is -3.02. The number of aromatic nitrogens is 2. The van der Waals surface area contributed by atoms with Crippen LogP contribution in [0.2, 0.25) is 0 Å². The summed E-state index contributed by atoms with van der Waals surface area (Å²) in [5, 5.41) is 3.79. The van der Waals surface area contributed by atoms with Crippen molar-refractivity contribution in [2.45, 2.75) is 6.92 Å². The van der Waals surface area contributed by atoms with Crippen molar-refractivity contribution in [3.8, 4) is 5.75 Å². The van der Waals surface area contributed by atoms with Crippen molar-refractivity contribution in [1.29, 1.82) is 0 Å². The molecule has 0 aliphatic rings. The summed E-state index contributed by atoms with van der Waals surface area (Å²) in [6.07, 6.45) is 0. The van der Waals surface area contributed by atoms with Gasteiger partial charge in [0, 0.05) is 5.69 Å². The molecule has 0 atom stereocenters. The van der Waals surface area contributed by atoms with E-state index in [2.05, 4.69) is 15.7 Å². The zero-order valence-corrected chi connectivity index (χ0v) is 13.0. The molecule has 0 fully saturated rings. The molecule has 1 heterocycles. The normalized spacial score (nSPS) is 10.5. The molecule has 0 saturated carbocycles. The summed E-state index contributed by atoms with van der Waals surface area (Å²) >= 11 is 0. The summed E-state index contributed by atoms with van der Waals surface area (Å²) in [5.41, 5.74) is 4.58. The number of nitrogens with zero attached hydrogens (tertiary/aromatic N) is 2. The van der Waals surface area contributed by atoms with Crippen LogP contribution >= 0.6 is 0 Å². The van der Waals surface area contributed by atoms with E-state index in [0.29, 0.717) is 23.4 Å². The first-order valence-corrected chi connectivity index (χ1v) is 7.29. The molecule has 6 nitrogen and oxygen atoms in total. The number of benzene rings is 2. The molecule has 23 heavy (non-hydrogen) atoms. The van der Waals surface area contributed by atoms with E-state index in [1.165, 1.54) is 4.68 Å². The summed E-state index contributed by atoms with van der Waals surface area (Å²) in [6.45, 7) is 2.20. The molecule has 2 N–H and O–H groups in total. The molecule has 0 radical (unpaired) electrons. The fourth-order valence-electron chi connectivity index (χ4n) is 2.36. The minimum atomic E-state index is -0.107. The number of hydrogen-bond acceptors (Lipinski definition) is 5. The van der Waals surface area contributed by atoms with Gasteiger partial charge in [-0.25, -0.2) is 9.66 Å². The second-order valence-corrected chi connectivity index (χ2v) is 5.06. The van der Waals surface area contributed by atoms with Crippen molar-refractivity contribution in [3.05, 3.63) is 64.7 Å². The Labute approximate surface area is 133 Å². The Morgan fingerprint density at radius 2 is 1.87 bits per heavy atom. The highest BCUT2D eigenvalue weighted by Crippen LogP contribution is 2.14. The standard InChI is InChI=1S/C17H18N4O2/c1-12-20-16-6-4-3-5-15(16)17(22)21(12)19-11-18-13-7-9-14(23-2)10-8-13/h3-10,18-19H,11H2,1-2H3. The zero-order valence-electron chi connectivity index (χ0n) is 13.0. The number of ether oxygens (including phenoxy) is 1. The van der Waals surface area contributed by atoms with Crippen molar-refractivity contribution in [2.75, 3.05) is 24.5 Å². The van der Waals surface area contributed by atoms with Crippen molar-refractivity contribution < 1.29 is 4.74 Å². The van der Waals surface area contributed by atoms with Gasteiger partial charge in [0.1, 0.15) is 11.6 Å². The van der Waals surface area contributed by atoms with Crippen LogP contribution in [0.15, 0.2) is 53.3 Å². The number of rotatable bonds is 5. The van der Waals surface area contributed by atoms with Gasteiger partial charge in [0.15, 0.2) is 0 Å². The van der Waals surface area contributed by atoms with Crippen LogP contribution in [-0.2, 0) is 0 Å². The van der Waals surface area contributed by atoms with Gasteiger partial charge in [0.2, 0.25) is 0 Å². The van der Waals surface area contributed by atoms with Crippen LogP contribution in [0.4, 0.5) is 5.69 Å². The van der Waals surface area contributed by atoms with Crippen LogP contribution in [0.5, 0.6) is 5.75 Å². The Bertz CT molecular complexity index is 872. The minimum absolute atomic E-state index is 0.107. The third-order valence-electron chi connectivity index (χ3n) is 3.56. The number of fused-ring (bicyclic) bond motifs is 1. The molecule has 0 aliphatic carbocycles. The Morgan fingerprint density at radius 1 is 1.13 bits per heavy atom. The first kappa shape index (κ1) is 14.9. The predicted octanol–water partition coefficient (Wildman–Crippen LogP) is 2.33. The zero-order chi connectivity index (χ0) is 16.2. The Morgan fingerprint density at radius 3 is 2.61 bits per heavy atom. The fraction of sp³-hybridized carbons (Fsp3) is 0.176. The SMILES string of the molecule is COc1ccc(NCNn2c(C)nc3ccccc3c2=O)cc1. The molecule has 3 aromatic rings. The van der Waals surface area contributed by atoms with E-state index in [1.807, 2.05) is 42.5 Å². The molecule has 0 bridgehead atoms. The lowest BCUT2D eigenvalue weighted by Gasteiger charge is -2.14. The van der Waals surface area contributed by atoms with E-state index in [1.54, 1.807) is 20.1 Å². The van der Waals surface area contributed by atoms with Crippen LogP contribution in [0.25, 0.3) is 10.9 Å². The average molecular weight is 310 g/mol. The van der Waals surface area contributed by atoms with Crippen molar-refractivity contribution in [2.24, 2.45) is 0 Å². The van der Waals surface area contributed by atoms with Crippen LogP contribution in [0, 0.1) is 6.92 Å². The quantitative estimate of drug-likeness (QED) is 0.708. The molecule has 3 rings (SSSR count). The maximum absolute atomic E-state index is 12.5. The van der Waals surface area contributed by atoms with Gasteiger partial charge in [-0.2, -0.15) is 0 Å². The van der Waals surface area contributed by atoms with Gasteiger partial charge in [-0.1, -0.05) is 12.1 Å². The lowest BCUT2D eigenvalue weighted by atomic mass is 10.2. The maximum atomic E-state index is 12.5. The number of nitrogens with one attached hydrogen (secondary N) is 2. The van der Waals surface area contributed by atoms with Crippen LogP contribution in [-0.4, -0.2) is 23.4 Å². The second-order valence-electron chi connectivity index (χ2n) is 5.06. The molecule has 2 aromatic carbocycles. The molecular weight excluding hydrogens is 292 g/mol. The molecule has 0 aliphatic heterocycles. The molecule has 0 unspecified atom stereocenters. The number of hydrogen-bond donors (Lipinski definition) is 2. The highest BCUT2D eigenvalue weighted by molar-refractivity contribution is 5.77. The molecule has 0 saturated heterocycles. The molecule has 6 heteroatoms. The summed E-state index contributed by atoms with van der Waals surface area (Å²) in [4.78, 5) is 16.9. The molecule has 0 spiro atoms. The first-order valence-electron chi connectivity index (χ1n) is 7.29. The predicted molar refractivity (Wildman–Crippen MR) is 91.6 cm³/mol. The molecule has 1 aromatic heterocycles. The minimum Gasteiger partial charge on any atom is -0.497 e. The lowest BCUT2D eigenvalue weighted by molar-refractivity contribution is 0.415. The number of aryl methyl sites for hydroxylation is 1. The third kappa shape index (κ3) is 3.11. The number of para-hydroxylation sites is 1. The van der Waals surface area contributed by atoms with Crippen molar-refractivity contribution >= 4 is 16.6 Å². The second kappa shape index (κ2) is 6.39. The van der Waals surface area contributed by atoms with Gasteiger partial charge < -0.3 is 15.5 Å². The van der Waals surface area contributed by atoms with Gasteiger partial charge in [0.05, 0.1) is 24.7 Å². The van der Waals surface area contributed by atoms with E-state index in [4.69, 9.17) is 4.74 Å². The summed E-state index contributed by atoms with van der Waals surface area (Å²) in [5.74, 6) is 1.42.